The molecule has 0 saturated heterocycles. The highest BCUT2D eigenvalue weighted by atomic mass is 32.2. The van der Waals surface area contributed by atoms with Crippen molar-refractivity contribution in [2.24, 2.45) is 0 Å². The Morgan fingerprint density at radius 1 is 1.12 bits per heavy atom. The minimum absolute atomic E-state index is 0.0813. The van der Waals surface area contributed by atoms with E-state index in [4.69, 9.17) is 0 Å². The van der Waals surface area contributed by atoms with Gasteiger partial charge in [-0.2, -0.15) is 5.10 Å². The zero-order valence-corrected chi connectivity index (χ0v) is 15.3. The molecule has 0 saturated carbocycles. The lowest BCUT2D eigenvalue weighted by molar-refractivity contribution is -0.128. The second kappa shape index (κ2) is 7.74. The maximum absolute atomic E-state index is 11.9. The normalized spacial score (nSPS) is 12.7. The molecule has 2 N–H and O–H groups in total. The number of amides is 2. The Bertz CT molecular complexity index is 800. The molecule has 0 aliphatic heterocycles. The van der Waals surface area contributed by atoms with Gasteiger partial charge in [0, 0.05) is 10.6 Å². The van der Waals surface area contributed by atoms with Crippen LogP contribution in [0.15, 0.2) is 29.2 Å². The van der Waals surface area contributed by atoms with Crippen LogP contribution in [0.4, 0.5) is 0 Å². The van der Waals surface area contributed by atoms with Crippen LogP contribution in [0.5, 0.6) is 0 Å². The molecular formula is C18H22N4O2S. The molecule has 6 nitrogen and oxygen atoms in total. The number of rotatable bonds is 5. The maximum Gasteiger partial charge on any atom is 0.260 e. The van der Waals surface area contributed by atoms with Crippen LogP contribution in [0.1, 0.15) is 28.9 Å². The fourth-order valence-electron chi connectivity index (χ4n) is 2.97. The fraction of sp³-hybridized carbons (Fsp3) is 0.389. The Balaban J connectivity index is 1.42. The molecule has 0 fully saturated rings. The van der Waals surface area contributed by atoms with Crippen LogP contribution in [-0.2, 0) is 29.0 Å². The Labute approximate surface area is 151 Å². The Kier molecular flexibility index (Phi) is 5.43. The second-order valence-electron chi connectivity index (χ2n) is 6.25. The molecule has 1 heterocycles. The zero-order chi connectivity index (χ0) is 17.8. The fourth-order valence-corrected chi connectivity index (χ4v) is 3.73. The molecular weight excluding hydrogens is 336 g/mol. The van der Waals surface area contributed by atoms with Crippen LogP contribution in [-0.4, -0.2) is 27.3 Å². The summed E-state index contributed by atoms with van der Waals surface area (Å²) in [4.78, 5) is 24.9. The quantitative estimate of drug-likeness (QED) is 0.633. The van der Waals surface area contributed by atoms with Crippen LogP contribution in [0.25, 0.3) is 0 Å². The van der Waals surface area contributed by atoms with Gasteiger partial charge in [-0.25, -0.2) is 0 Å². The van der Waals surface area contributed by atoms with Crippen molar-refractivity contribution in [2.45, 2.75) is 44.6 Å². The number of hydrogen-bond acceptors (Lipinski definition) is 4. The number of benzene rings is 1. The number of carbonyl (C=O) groups is 2. The molecule has 1 aliphatic carbocycles. The van der Waals surface area contributed by atoms with Gasteiger partial charge in [-0.15, -0.1) is 11.8 Å². The molecule has 7 heteroatoms. The molecule has 0 radical (unpaired) electrons. The minimum Gasteiger partial charge on any atom is -0.272 e. The molecule has 0 atom stereocenters. The lowest BCUT2D eigenvalue weighted by Crippen LogP contribution is -2.44. The first-order valence-electron chi connectivity index (χ1n) is 8.34. The maximum atomic E-state index is 11.9. The summed E-state index contributed by atoms with van der Waals surface area (Å²) in [5, 5.41) is 4.22. The van der Waals surface area contributed by atoms with E-state index in [0.29, 0.717) is 0 Å². The average molecular weight is 358 g/mol. The van der Waals surface area contributed by atoms with Gasteiger partial charge in [-0.1, -0.05) is 6.07 Å². The Morgan fingerprint density at radius 3 is 2.64 bits per heavy atom. The monoisotopic (exact) mass is 358 g/mol. The van der Waals surface area contributed by atoms with Gasteiger partial charge in [0.25, 0.3) is 5.91 Å². The van der Waals surface area contributed by atoms with Gasteiger partial charge in [-0.3, -0.25) is 25.1 Å². The van der Waals surface area contributed by atoms with Crippen molar-refractivity contribution < 1.29 is 9.59 Å². The van der Waals surface area contributed by atoms with Crippen molar-refractivity contribution in [3.63, 3.8) is 0 Å². The first kappa shape index (κ1) is 17.5. The van der Waals surface area contributed by atoms with Crippen LogP contribution >= 0.6 is 11.8 Å². The van der Waals surface area contributed by atoms with Gasteiger partial charge >= 0.3 is 0 Å². The summed E-state index contributed by atoms with van der Waals surface area (Å²) in [5.41, 5.74) is 9.47. The first-order chi connectivity index (χ1) is 12.0. The van der Waals surface area contributed by atoms with Crippen molar-refractivity contribution in [3.8, 4) is 0 Å². The molecule has 2 amide bonds. The summed E-state index contributed by atoms with van der Waals surface area (Å²) in [6.45, 7) is 3.84. The molecule has 132 valence electrons. The molecule has 0 bridgehead atoms. The summed E-state index contributed by atoms with van der Waals surface area (Å²) in [7, 11) is 0. The number of hydrogen-bond donors (Lipinski definition) is 2. The van der Waals surface area contributed by atoms with Crippen molar-refractivity contribution in [1.29, 1.82) is 0 Å². The van der Waals surface area contributed by atoms with Crippen LogP contribution in [0.3, 0.4) is 0 Å². The van der Waals surface area contributed by atoms with E-state index in [1.165, 1.54) is 29.3 Å². The molecule has 1 aromatic carbocycles. The summed E-state index contributed by atoms with van der Waals surface area (Å²) < 4.78 is 1.61. The predicted octanol–water partition coefficient (Wildman–Crippen LogP) is 1.93. The van der Waals surface area contributed by atoms with Gasteiger partial charge in [-0.05, 0) is 62.4 Å². The average Bonchev–Trinajstić information content (AvgIpc) is 3.16. The third-order valence-electron chi connectivity index (χ3n) is 4.18. The summed E-state index contributed by atoms with van der Waals surface area (Å²) in [6.07, 6.45) is 3.49. The number of aromatic nitrogens is 2. The topological polar surface area (TPSA) is 76.0 Å². The van der Waals surface area contributed by atoms with Gasteiger partial charge in [0.1, 0.15) is 6.54 Å². The number of aryl methyl sites for hydroxylation is 4. The van der Waals surface area contributed by atoms with E-state index < -0.39 is 0 Å². The van der Waals surface area contributed by atoms with Crippen LogP contribution in [0.2, 0.25) is 0 Å². The van der Waals surface area contributed by atoms with Crippen molar-refractivity contribution in [3.05, 3.63) is 46.8 Å². The van der Waals surface area contributed by atoms with Crippen molar-refractivity contribution >= 4 is 23.6 Å². The molecule has 0 spiro atoms. The number of nitrogens with one attached hydrogen (secondary N) is 2. The summed E-state index contributed by atoms with van der Waals surface area (Å²) in [6, 6.07) is 8.28. The van der Waals surface area contributed by atoms with E-state index in [-0.39, 0.29) is 24.1 Å². The number of carbonyl (C=O) groups excluding carboxylic acids is 2. The molecule has 1 aromatic heterocycles. The van der Waals surface area contributed by atoms with E-state index in [9.17, 15) is 9.59 Å². The SMILES string of the molecule is Cc1cc(C)n(CC(=O)NNC(=O)CSc2ccc3c(c2)CCC3)n1. The lowest BCUT2D eigenvalue weighted by Gasteiger charge is -2.09. The van der Waals surface area contributed by atoms with Gasteiger partial charge in [0.2, 0.25) is 5.91 Å². The molecule has 25 heavy (non-hydrogen) atoms. The summed E-state index contributed by atoms with van der Waals surface area (Å²) in [5.74, 6) is -0.270. The van der Waals surface area contributed by atoms with Gasteiger partial charge in [0.05, 0.1) is 11.4 Å². The number of nitrogens with zero attached hydrogens (tertiary/aromatic N) is 2. The number of thioether (sulfide) groups is 1. The molecule has 3 rings (SSSR count). The standard InChI is InChI=1S/C18H22N4O2S/c1-12-8-13(2)22(21-12)10-17(23)19-20-18(24)11-25-16-7-6-14-4-3-5-15(14)9-16/h6-9H,3-5,10-11H2,1-2H3,(H,19,23)(H,20,24). The van der Waals surface area contributed by atoms with Crippen molar-refractivity contribution in [2.75, 3.05) is 5.75 Å². The largest absolute Gasteiger partial charge is 0.272 e. The zero-order valence-electron chi connectivity index (χ0n) is 14.5. The third kappa shape index (κ3) is 4.63. The molecule has 0 unspecified atom stereocenters. The number of fused-ring (bicyclic) bond motifs is 1. The van der Waals surface area contributed by atoms with E-state index in [1.54, 1.807) is 4.68 Å². The van der Waals surface area contributed by atoms with E-state index in [0.717, 1.165) is 29.1 Å². The van der Waals surface area contributed by atoms with E-state index >= 15 is 0 Å². The summed E-state index contributed by atoms with van der Waals surface area (Å²) >= 11 is 1.48. The smallest absolute Gasteiger partial charge is 0.260 e. The third-order valence-corrected chi connectivity index (χ3v) is 5.17. The lowest BCUT2D eigenvalue weighted by atomic mass is 10.1. The second-order valence-corrected chi connectivity index (χ2v) is 7.30. The highest BCUT2D eigenvalue weighted by Gasteiger charge is 2.12. The molecule has 2 aromatic rings. The Hall–Kier alpha value is -2.28. The first-order valence-corrected chi connectivity index (χ1v) is 9.33. The van der Waals surface area contributed by atoms with Gasteiger partial charge < -0.3 is 0 Å². The predicted molar refractivity (Wildman–Crippen MR) is 97.2 cm³/mol. The van der Waals surface area contributed by atoms with Crippen molar-refractivity contribution in [1.82, 2.24) is 20.6 Å². The van der Waals surface area contributed by atoms with Crippen LogP contribution < -0.4 is 10.9 Å². The van der Waals surface area contributed by atoms with E-state index in [2.05, 4.69) is 34.1 Å². The highest BCUT2D eigenvalue weighted by Crippen LogP contribution is 2.27. The van der Waals surface area contributed by atoms with E-state index in [1.807, 2.05) is 19.9 Å². The Morgan fingerprint density at radius 2 is 1.88 bits per heavy atom. The molecule has 1 aliphatic rings. The number of hydrazine groups is 1. The highest BCUT2D eigenvalue weighted by molar-refractivity contribution is 8.00. The van der Waals surface area contributed by atoms with Crippen LogP contribution in [0, 0.1) is 13.8 Å². The van der Waals surface area contributed by atoms with Gasteiger partial charge in [0.15, 0.2) is 0 Å². The minimum atomic E-state index is -0.304.